The van der Waals surface area contributed by atoms with Crippen LogP contribution in [0.4, 0.5) is 5.69 Å². The lowest BCUT2D eigenvalue weighted by atomic mass is 9.77. The first kappa shape index (κ1) is 32.8. The van der Waals surface area contributed by atoms with Crippen LogP contribution in [0.5, 0.6) is 0 Å². The van der Waals surface area contributed by atoms with Crippen molar-refractivity contribution < 1.29 is 33.8 Å². The summed E-state index contributed by atoms with van der Waals surface area (Å²) in [6.07, 6.45) is 6.57. The second kappa shape index (κ2) is 13.6. The number of anilines is 1. The summed E-state index contributed by atoms with van der Waals surface area (Å²) in [7, 11) is 0. The molecule has 0 aromatic heterocycles. The number of nitrogens with one attached hydrogen (secondary N) is 1. The van der Waals surface area contributed by atoms with Gasteiger partial charge in [0, 0.05) is 23.7 Å². The molecule has 1 spiro atoms. The van der Waals surface area contributed by atoms with Gasteiger partial charge in [0.25, 0.3) is 5.91 Å². The van der Waals surface area contributed by atoms with Gasteiger partial charge in [-0.3, -0.25) is 19.2 Å². The number of esters is 1. The number of halogens is 1. The molecule has 3 aromatic rings. The van der Waals surface area contributed by atoms with E-state index in [4.69, 9.17) is 21.1 Å². The number of ether oxygens (including phenoxy) is 2. The monoisotopic (exact) mass is 681 g/mol. The number of likely N-dealkylation sites (tertiary alicyclic amines) is 1. The molecule has 2 fully saturated rings. The number of aliphatic hydroxyl groups excluding tert-OH is 1. The van der Waals surface area contributed by atoms with E-state index in [2.05, 4.69) is 5.32 Å². The number of hydrogen-bond acceptors (Lipinski definition) is 7. The normalized spacial score (nSPS) is 29.8. The largest absolute Gasteiger partial charge is 0.463 e. The van der Waals surface area contributed by atoms with Crippen LogP contribution in [-0.2, 0) is 28.7 Å². The molecule has 2 N–H and O–H groups in total. The summed E-state index contributed by atoms with van der Waals surface area (Å²) >= 11 is 6.17. The van der Waals surface area contributed by atoms with Crippen LogP contribution in [0.3, 0.4) is 0 Å². The van der Waals surface area contributed by atoms with E-state index in [1.807, 2.05) is 36.4 Å². The Morgan fingerprint density at radius 3 is 2.35 bits per heavy atom. The molecule has 3 amide bonds. The molecule has 4 heterocycles. The Hall–Kier alpha value is -4.77. The molecule has 11 heteroatoms. The minimum atomic E-state index is -1.55. The molecule has 0 radical (unpaired) electrons. The van der Waals surface area contributed by atoms with E-state index < -0.39 is 72.0 Å². The molecule has 0 unspecified atom stereocenters. The Bertz CT molecular complexity index is 1780. The highest BCUT2D eigenvalue weighted by atomic mass is 35.5. The molecule has 2 saturated heterocycles. The number of carbonyl (C=O) groups excluding carboxylic acids is 4. The molecule has 0 saturated carbocycles. The van der Waals surface area contributed by atoms with Gasteiger partial charge >= 0.3 is 5.97 Å². The van der Waals surface area contributed by atoms with Crippen molar-refractivity contribution in [2.24, 2.45) is 11.8 Å². The maximum absolute atomic E-state index is 15.0. The van der Waals surface area contributed by atoms with E-state index in [0.29, 0.717) is 22.7 Å². The Morgan fingerprint density at radius 2 is 1.63 bits per heavy atom. The van der Waals surface area contributed by atoms with Crippen LogP contribution in [0.1, 0.15) is 36.1 Å². The maximum atomic E-state index is 15.0. The van der Waals surface area contributed by atoms with Gasteiger partial charge in [-0.15, -0.1) is 0 Å². The minimum absolute atomic E-state index is 0.0932. The summed E-state index contributed by atoms with van der Waals surface area (Å²) in [5.41, 5.74) is 0.387. The maximum Gasteiger partial charge on any atom is 0.306 e. The topological polar surface area (TPSA) is 125 Å². The van der Waals surface area contributed by atoms with E-state index >= 15 is 0 Å². The summed E-state index contributed by atoms with van der Waals surface area (Å²) in [5, 5.41) is 14.4. The summed E-state index contributed by atoms with van der Waals surface area (Å²) in [4.78, 5) is 59.9. The average molecular weight is 682 g/mol. The van der Waals surface area contributed by atoms with Crippen molar-refractivity contribution in [2.45, 2.75) is 42.7 Å². The summed E-state index contributed by atoms with van der Waals surface area (Å²) in [6.45, 7) is -0.377. The number of rotatable bonds is 5. The molecule has 0 aliphatic carbocycles. The standard InChI is InChI=1S/C38H36ClN3O7/c39-26-16-18-27(19-17-26)41-21-9-20-38-33(36(46)42(34(38)37(41)47)29(22-43)25-12-5-2-6-13-25)32-30(49-38)14-7-8-15-31(44)48-23-28(40-35(32)45)24-10-3-1-4-11-24/h1-7,9-14,16-20,28-30,32-34,43H,8,15,21-23H2,(H,40,45)/b14-7-/t28-,29+,30+,32-,33-,34+,38-/m0/s1. The van der Waals surface area contributed by atoms with E-state index in [9.17, 15) is 24.3 Å². The van der Waals surface area contributed by atoms with Crippen molar-refractivity contribution in [1.29, 1.82) is 0 Å². The van der Waals surface area contributed by atoms with Gasteiger partial charge < -0.3 is 29.7 Å². The van der Waals surface area contributed by atoms with Crippen molar-refractivity contribution in [3.05, 3.63) is 125 Å². The Labute approximate surface area is 288 Å². The van der Waals surface area contributed by atoms with Gasteiger partial charge in [-0.05, 0) is 41.8 Å². The predicted molar refractivity (Wildman–Crippen MR) is 181 cm³/mol. The Balaban J connectivity index is 1.35. The van der Waals surface area contributed by atoms with Crippen LogP contribution in [-0.4, -0.2) is 71.2 Å². The van der Waals surface area contributed by atoms with Crippen LogP contribution in [0.15, 0.2) is 109 Å². The quantitative estimate of drug-likeness (QED) is 0.304. The molecular weight excluding hydrogens is 646 g/mol. The first-order chi connectivity index (χ1) is 23.8. The number of fused-ring (bicyclic) bond motifs is 2. The van der Waals surface area contributed by atoms with Crippen LogP contribution in [0.2, 0.25) is 5.02 Å². The molecule has 4 aliphatic heterocycles. The zero-order chi connectivity index (χ0) is 34.1. The van der Waals surface area contributed by atoms with Gasteiger partial charge in [-0.25, -0.2) is 0 Å². The van der Waals surface area contributed by atoms with Crippen molar-refractivity contribution in [2.75, 3.05) is 24.7 Å². The molecule has 10 nitrogen and oxygen atoms in total. The molecule has 252 valence electrons. The first-order valence-corrected chi connectivity index (χ1v) is 16.8. The fourth-order valence-electron chi connectivity index (χ4n) is 7.60. The average Bonchev–Trinajstić information content (AvgIpc) is 3.50. The number of hydrogen-bond donors (Lipinski definition) is 2. The minimum Gasteiger partial charge on any atom is -0.463 e. The zero-order valence-corrected chi connectivity index (χ0v) is 27.3. The molecule has 7 rings (SSSR count). The van der Waals surface area contributed by atoms with Crippen LogP contribution in [0.25, 0.3) is 0 Å². The van der Waals surface area contributed by atoms with E-state index in [0.717, 1.165) is 5.56 Å². The number of cyclic esters (lactones) is 1. The smallest absolute Gasteiger partial charge is 0.306 e. The fraction of sp³-hybridized carbons (Fsp3) is 0.316. The number of amides is 3. The highest BCUT2D eigenvalue weighted by molar-refractivity contribution is 6.30. The SMILES string of the molecule is O=C1CC/C=C\[C@H]2O[C@]34C=CCN(c5ccc(Cl)cc5)C(=O)[C@H]3N([C@H](CO)c3ccccc3)C(=O)[C@@H]4[C@H]2C(=O)N[C@H](c2ccccc2)CO1. The van der Waals surface area contributed by atoms with E-state index in [-0.39, 0.29) is 19.6 Å². The third kappa shape index (κ3) is 5.94. The molecular formula is C38H36ClN3O7. The summed E-state index contributed by atoms with van der Waals surface area (Å²) < 4.78 is 12.4. The third-order valence-corrected chi connectivity index (χ3v) is 10.1. The third-order valence-electron chi connectivity index (χ3n) is 9.84. The first-order valence-electron chi connectivity index (χ1n) is 16.4. The lowest BCUT2D eigenvalue weighted by Gasteiger charge is -2.38. The van der Waals surface area contributed by atoms with Crippen molar-refractivity contribution >= 4 is 41.0 Å². The molecule has 7 atom stereocenters. The molecule has 3 aromatic carbocycles. The van der Waals surface area contributed by atoms with Crippen molar-refractivity contribution in [1.82, 2.24) is 10.2 Å². The second-order valence-corrected chi connectivity index (χ2v) is 13.1. The van der Waals surface area contributed by atoms with Gasteiger partial charge in [-0.1, -0.05) is 96.6 Å². The Morgan fingerprint density at radius 1 is 0.918 bits per heavy atom. The Kier molecular flexibility index (Phi) is 9.11. The predicted octanol–water partition coefficient (Wildman–Crippen LogP) is 4.31. The van der Waals surface area contributed by atoms with Gasteiger partial charge in [0.1, 0.15) is 18.2 Å². The number of allylic oxidation sites excluding steroid dienone is 1. The van der Waals surface area contributed by atoms with Gasteiger partial charge in [0.15, 0.2) is 0 Å². The number of aliphatic hydroxyl groups is 1. The number of carbonyl (C=O) groups is 4. The number of nitrogens with zero attached hydrogens (tertiary/aromatic N) is 2. The van der Waals surface area contributed by atoms with Gasteiger partial charge in [0.2, 0.25) is 11.8 Å². The molecule has 49 heavy (non-hydrogen) atoms. The number of benzene rings is 3. The summed E-state index contributed by atoms with van der Waals surface area (Å²) in [5.74, 6) is -3.93. The van der Waals surface area contributed by atoms with E-state index in [1.165, 1.54) is 4.90 Å². The highest BCUT2D eigenvalue weighted by Crippen LogP contribution is 2.55. The lowest BCUT2D eigenvalue weighted by Crippen LogP contribution is -2.56. The second-order valence-electron chi connectivity index (χ2n) is 12.6. The van der Waals surface area contributed by atoms with E-state index in [1.54, 1.807) is 77.7 Å². The van der Waals surface area contributed by atoms with Gasteiger partial charge in [0.05, 0.1) is 36.6 Å². The highest BCUT2D eigenvalue weighted by Gasteiger charge is 2.72. The van der Waals surface area contributed by atoms with Crippen LogP contribution < -0.4 is 10.2 Å². The lowest BCUT2D eigenvalue weighted by molar-refractivity contribution is -0.146. The van der Waals surface area contributed by atoms with Gasteiger partial charge in [-0.2, -0.15) is 0 Å². The van der Waals surface area contributed by atoms with Crippen molar-refractivity contribution in [3.63, 3.8) is 0 Å². The summed E-state index contributed by atoms with van der Waals surface area (Å²) in [6, 6.07) is 22.2. The molecule has 0 bridgehead atoms. The molecule has 4 aliphatic rings. The zero-order valence-electron chi connectivity index (χ0n) is 26.6. The van der Waals surface area contributed by atoms with Crippen molar-refractivity contribution in [3.8, 4) is 0 Å². The van der Waals surface area contributed by atoms with Crippen LogP contribution >= 0.6 is 11.6 Å². The van der Waals surface area contributed by atoms with Crippen LogP contribution in [0, 0.1) is 11.8 Å². The fourth-order valence-corrected chi connectivity index (χ4v) is 7.72.